The molecule has 2 amide bonds. The first kappa shape index (κ1) is 22.0. The summed E-state index contributed by atoms with van der Waals surface area (Å²) in [6, 6.07) is 18.1. The quantitative estimate of drug-likeness (QED) is 0.519. The number of carboxylic acids is 1. The monoisotopic (exact) mass is 448 g/mol. The number of nitrogens with one attached hydrogen (secondary N) is 2. The van der Waals surface area contributed by atoms with Crippen LogP contribution in [0.1, 0.15) is 34.3 Å². The Labute approximate surface area is 189 Å². The predicted octanol–water partition coefficient (Wildman–Crippen LogP) is 4.39. The summed E-state index contributed by atoms with van der Waals surface area (Å²) < 4.78 is 19.4. The second-order valence-electron chi connectivity index (χ2n) is 7.65. The number of aromatic carboxylic acids is 1. The lowest BCUT2D eigenvalue weighted by Gasteiger charge is -2.18. The average Bonchev–Trinajstić information content (AvgIpc) is 3.12. The Morgan fingerprint density at radius 3 is 2.18 bits per heavy atom. The molecule has 7 nitrogen and oxygen atoms in total. The molecule has 1 aliphatic rings. The second-order valence-corrected chi connectivity index (χ2v) is 7.65. The van der Waals surface area contributed by atoms with E-state index in [0.717, 1.165) is 28.3 Å². The lowest BCUT2D eigenvalue weighted by molar-refractivity contribution is -0.117. The van der Waals surface area contributed by atoms with Crippen LogP contribution in [0, 0.1) is 5.82 Å². The molecule has 0 unspecified atom stereocenters. The zero-order valence-electron chi connectivity index (χ0n) is 17.7. The van der Waals surface area contributed by atoms with Crippen molar-refractivity contribution in [2.75, 3.05) is 11.9 Å². The van der Waals surface area contributed by atoms with Crippen LogP contribution in [0.5, 0.6) is 0 Å². The molecule has 0 aromatic heterocycles. The molecule has 0 bridgehead atoms. The maximum atomic E-state index is 14.0. The number of hydrogen-bond donors (Lipinski definition) is 3. The van der Waals surface area contributed by atoms with Gasteiger partial charge in [0.05, 0.1) is 11.3 Å². The number of fused-ring (bicyclic) bond motifs is 3. The van der Waals surface area contributed by atoms with Crippen LogP contribution < -0.4 is 10.6 Å². The van der Waals surface area contributed by atoms with E-state index in [1.165, 1.54) is 19.1 Å². The standard InChI is InChI=1S/C25H21FN2O5/c1-14(23(29)28-22-19(24(30)31)11-6-12-21(22)26)27-25(32)33-13-20-17-9-4-2-7-15(17)16-8-3-5-10-18(16)20/h2-12,14,20H,13H2,1H3,(H,27,32)(H,28,29)(H,30,31)/t14-/m0/s1. The van der Waals surface area contributed by atoms with Gasteiger partial charge in [0.1, 0.15) is 18.5 Å². The molecule has 3 aromatic carbocycles. The molecule has 0 aliphatic heterocycles. The van der Waals surface area contributed by atoms with Crippen molar-refractivity contribution in [3.05, 3.63) is 89.2 Å². The fraction of sp³-hybridized carbons (Fsp3) is 0.160. The van der Waals surface area contributed by atoms with E-state index in [9.17, 15) is 23.9 Å². The summed E-state index contributed by atoms with van der Waals surface area (Å²) in [4.78, 5) is 36.1. The number of hydrogen-bond acceptors (Lipinski definition) is 4. The van der Waals surface area contributed by atoms with E-state index in [1.54, 1.807) is 0 Å². The van der Waals surface area contributed by atoms with Gasteiger partial charge in [-0.05, 0) is 41.3 Å². The Kier molecular flexibility index (Phi) is 6.08. The van der Waals surface area contributed by atoms with E-state index >= 15 is 0 Å². The molecule has 1 atom stereocenters. The molecular formula is C25H21FN2O5. The molecule has 3 aromatic rings. The first-order valence-electron chi connectivity index (χ1n) is 10.3. The molecule has 0 saturated heterocycles. The SMILES string of the molecule is C[C@H](NC(=O)OCC1c2ccccc2-c2ccccc21)C(=O)Nc1c(F)cccc1C(=O)O. The smallest absolute Gasteiger partial charge is 0.407 e. The lowest BCUT2D eigenvalue weighted by Crippen LogP contribution is -2.42. The van der Waals surface area contributed by atoms with Crippen molar-refractivity contribution in [2.24, 2.45) is 0 Å². The number of ether oxygens (including phenoxy) is 1. The highest BCUT2D eigenvalue weighted by Gasteiger charge is 2.29. The molecule has 0 spiro atoms. The van der Waals surface area contributed by atoms with Gasteiger partial charge >= 0.3 is 12.1 Å². The van der Waals surface area contributed by atoms with E-state index in [1.807, 2.05) is 48.5 Å². The number of carboxylic acid groups (broad SMARTS) is 1. The van der Waals surface area contributed by atoms with Crippen LogP contribution in [0.25, 0.3) is 11.1 Å². The molecular weight excluding hydrogens is 427 g/mol. The average molecular weight is 448 g/mol. The number of amides is 2. The van der Waals surface area contributed by atoms with Crippen LogP contribution in [0.3, 0.4) is 0 Å². The lowest BCUT2D eigenvalue weighted by atomic mass is 9.98. The molecule has 0 heterocycles. The van der Waals surface area contributed by atoms with Gasteiger partial charge in [-0.15, -0.1) is 0 Å². The zero-order chi connectivity index (χ0) is 23.5. The molecule has 0 radical (unpaired) electrons. The molecule has 3 N–H and O–H groups in total. The Morgan fingerprint density at radius 1 is 0.970 bits per heavy atom. The van der Waals surface area contributed by atoms with Crippen molar-refractivity contribution < 1.29 is 28.6 Å². The summed E-state index contributed by atoms with van der Waals surface area (Å²) >= 11 is 0. The summed E-state index contributed by atoms with van der Waals surface area (Å²) in [5, 5.41) is 13.8. The van der Waals surface area contributed by atoms with Gasteiger partial charge in [-0.3, -0.25) is 4.79 Å². The molecule has 4 rings (SSSR count). The molecule has 1 aliphatic carbocycles. The topological polar surface area (TPSA) is 105 Å². The van der Waals surface area contributed by atoms with Crippen LogP contribution in [0.15, 0.2) is 66.7 Å². The van der Waals surface area contributed by atoms with Crippen molar-refractivity contribution in [3.63, 3.8) is 0 Å². The minimum Gasteiger partial charge on any atom is -0.478 e. The largest absolute Gasteiger partial charge is 0.478 e. The third kappa shape index (κ3) is 4.41. The van der Waals surface area contributed by atoms with E-state index in [4.69, 9.17) is 4.74 Å². The molecule has 0 fully saturated rings. The minimum absolute atomic E-state index is 0.0741. The van der Waals surface area contributed by atoms with Gasteiger partial charge in [0.2, 0.25) is 5.91 Å². The van der Waals surface area contributed by atoms with Crippen molar-refractivity contribution >= 4 is 23.7 Å². The van der Waals surface area contributed by atoms with Crippen molar-refractivity contribution in [1.29, 1.82) is 0 Å². The first-order chi connectivity index (χ1) is 15.9. The predicted molar refractivity (Wildman–Crippen MR) is 120 cm³/mol. The van der Waals surface area contributed by atoms with E-state index in [-0.39, 0.29) is 12.5 Å². The van der Waals surface area contributed by atoms with Crippen molar-refractivity contribution in [2.45, 2.75) is 18.9 Å². The number of alkyl carbamates (subject to hydrolysis) is 1. The van der Waals surface area contributed by atoms with Crippen molar-refractivity contribution in [1.82, 2.24) is 5.32 Å². The fourth-order valence-electron chi connectivity index (χ4n) is 3.94. The summed E-state index contributed by atoms with van der Waals surface area (Å²) in [5.41, 5.74) is 3.44. The maximum absolute atomic E-state index is 14.0. The van der Waals surface area contributed by atoms with Crippen LogP contribution in [-0.4, -0.2) is 35.7 Å². The summed E-state index contributed by atoms with van der Waals surface area (Å²) in [6.45, 7) is 1.46. The second kappa shape index (κ2) is 9.12. The number of benzene rings is 3. The summed E-state index contributed by atoms with van der Waals surface area (Å²) in [6.07, 6.45) is -0.813. The van der Waals surface area contributed by atoms with Gasteiger partial charge in [0.25, 0.3) is 0 Å². The zero-order valence-corrected chi connectivity index (χ0v) is 17.7. The number of carbonyl (C=O) groups is 3. The molecule has 33 heavy (non-hydrogen) atoms. The van der Waals surface area contributed by atoms with Gasteiger partial charge in [0, 0.05) is 5.92 Å². The third-order valence-corrected chi connectivity index (χ3v) is 5.56. The molecule has 0 saturated carbocycles. The third-order valence-electron chi connectivity index (χ3n) is 5.56. The Bertz CT molecular complexity index is 1200. The van der Waals surface area contributed by atoms with Gasteiger partial charge in [-0.2, -0.15) is 0 Å². The highest BCUT2D eigenvalue weighted by molar-refractivity contribution is 6.02. The Morgan fingerprint density at radius 2 is 1.58 bits per heavy atom. The van der Waals surface area contributed by atoms with Crippen LogP contribution in [0.4, 0.5) is 14.9 Å². The van der Waals surface area contributed by atoms with Gasteiger partial charge in [0.15, 0.2) is 0 Å². The van der Waals surface area contributed by atoms with E-state index in [0.29, 0.717) is 0 Å². The molecule has 8 heteroatoms. The van der Waals surface area contributed by atoms with Crippen LogP contribution >= 0.6 is 0 Å². The van der Waals surface area contributed by atoms with Gasteiger partial charge in [-0.25, -0.2) is 14.0 Å². The van der Waals surface area contributed by atoms with Gasteiger partial charge < -0.3 is 20.5 Å². The van der Waals surface area contributed by atoms with E-state index in [2.05, 4.69) is 10.6 Å². The number of carbonyl (C=O) groups excluding carboxylic acids is 2. The highest BCUT2D eigenvalue weighted by Crippen LogP contribution is 2.44. The number of para-hydroxylation sites is 1. The normalized spacial score (nSPS) is 12.9. The maximum Gasteiger partial charge on any atom is 0.407 e. The van der Waals surface area contributed by atoms with Crippen LogP contribution in [-0.2, 0) is 9.53 Å². The number of anilines is 1. The Balaban J connectivity index is 1.39. The summed E-state index contributed by atoms with van der Waals surface area (Å²) in [5.74, 6) is -3.20. The van der Waals surface area contributed by atoms with Crippen molar-refractivity contribution in [3.8, 4) is 11.1 Å². The highest BCUT2D eigenvalue weighted by atomic mass is 19.1. The fourth-order valence-corrected chi connectivity index (χ4v) is 3.94. The van der Waals surface area contributed by atoms with Gasteiger partial charge in [-0.1, -0.05) is 54.6 Å². The van der Waals surface area contributed by atoms with E-state index < -0.39 is 41.1 Å². The molecule has 168 valence electrons. The number of halogens is 1. The van der Waals surface area contributed by atoms with Crippen LogP contribution in [0.2, 0.25) is 0 Å². The summed E-state index contributed by atoms with van der Waals surface area (Å²) in [7, 11) is 0. The first-order valence-corrected chi connectivity index (χ1v) is 10.3. The minimum atomic E-state index is -1.39. The number of rotatable bonds is 6. The Hall–Kier alpha value is -4.20.